The smallest absolute Gasteiger partial charge is 0.338 e. The molecule has 0 unspecified atom stereocenters. The number of thiazole rings is 1. The lowest BCUT2D eigenvalue weighted by Crippen LogP contribution is -2.40. The quantitative estimate of drug-likeness (QED) is 0.205. The molecular weight excluding hydrogens is 591 g/mol. The molecular formula is C33H30ClFN2O5S. The van der Waals surface area contributed by atoms with Gasteiger partial charge in [0.2, 0.25) is 0 Å². The molecule has 5 rings (SSSR count). The number of aromatic nitrogens is 1. The van der Waals surface area contributed by atoms with Crippen LogP contribution < -0.4 is 24.4 Å². The maximum Gasteiger partial charge on any atom is 0.338 e. The summed E-state index contributed by atoms with van der Waals surface area (Å²) >= 11 is 7.66. The predicted molar refractivity (Wildman–Crippen MR) is 165 cm³/mol. The van der Waals surface area contributed by atoms with Gasteiger partial charge in [-0.15, -0.1) is 0 Å². The standard InChI is InChI=1S/C33H30ClFN2O5S/c1-4-16-41-27-15-10-23(34)18-26(27)30-29(32(39)40-5-2)20(3)36-33-37(30)31(38)28(43-33)17-21-8-13-25(14-9-21)42-19-22-6-11-24(35)12-7-22/h6-15,17-18,30H,4-5,16,19H2,1-3H3/b28-17-/t30-/m0/s1. The lowest BCUT2D eigenvalue weighted by Gasteiger charge is -2.26. The molecule has 1 aliphatic rings. The van der Waals surface area contributed by atoms with E-state index in [4.69, 9.17) is 25.8 Å². The molecule has 0 saturated heterocycles. The summed E-state index contributed by atoms with van der Waals surface area (Å²) in [4.78, 5) is 32.3. The molecule has 0 saturated carbocycles. The average molecular weight is 621 g/mol. The molecule has 43 heavy (non-hydrogen) atoms. The van der Waals surface area contributed by atoms with Crippen molar-refractivity contribution in [1.82, 2.24) is 4.57 Å². The van der Waals surface area contributed by atoms with Crippen molar-refractivity contribution in [3.8, 4) is 11.5 Å². The number of hydrogen-bond donors (Lipinski definition) is 0. The normalized spacial score (nSPS) is 14.7. The number of carbonyl (C=O) groups is 1. The van der Waals surface area contributed by atoms with E-state index in [0.717, 1.165) is 17.5 Å². The van der Waals surface area contributed by atoms with Crippen LogP contribution in [0.4, 0.5) is 4.39 Å². The number of esters is 1. The van der Waals surface area contributed by atoms with Crippen molar-refractivity contribution in [2.45, 2.75) is 39.8 Å². The Morgan fingerprint density at radius 1 is 1.07 bits per heavy atom. The summed E-state index contributed by atoms with van der Waals surface area (Å²) in [6.07, 6.45) is 2.56. The van der Waals surface area contributed by atoms with Crippen molar-refractivity contribution in [2.24, 2.45) is 4.99 Å². The molecule has 2 heterocycles. The minimum absolute atomic E-state index is 0.172. The molecule has 0 fully saturated rings. The second kappa shape index (κ2) is 13.4. The van der Waals surface area contributed by atoms with E-state index in [1.54, 1.807) is 50.3 Å². The summed E-state index contributed by atoms with van der Waals surface area (Å²) in [6.45, 7) is 6.39. The largest absolute Gasteiger partial charge is 0.493 e. The molecule has 1 atom stereocenters. The first-order valence-electron chi connectivity index (χ1n) is 13.9. The molecule has 0 N–H and O–H groups in total. The van der Waals surface area contributed by atoms with Gasteiger partial charge in [-0.25, -0.2) is 14.2 Å². The third kappa shape index (κ3) is 6.73. The van der Waals surface area contributed by atoms with Crippen molar-refractivity contribution in [2.75, 3.05) is 13.2 Å². The number of benzene rings is 3. The lowest BCUT2D eigenvalue weighted by atomic mass is 9.95. The summed E-state index contributed by atoms with van der Waals surface area (Å²) in [7, 11) is 0. The van der Waals surface area contributed by atoms with E-state index in [0.29, 0.717) is 50.3 Å². The van der Waals surface area contributed by atoms with Crippen molar-refractivity contribution in [3.63, 3.8) is 0 Å². The molecule has 4 aromatic rings. The summed E-state index contributed by atoms with van der Waals surface area (Å²) in [5.41, 5.74) is 2.62. The van der Waals surface area contributed by atoms with E-state index in [2.05, 4.69) is 4.99 Å². The van der Waals surface area contributed by atoms with Crippen molar-refractivity contribution in [3.05, 3.63) is 125 Å². The highest BCUT2D eigenvalue weighted by molar-refractivity contribution is 7.07. The fraction of sp³-hybridized carbons (Fsp3) is 0.242. The highest BCUT2D eigenvalue weighted by atomic mass is 35.5. The predicted octanol–water partition coefficient (Wildman–Crippen LogP) is 5.96. The van der Waals surface area contributed by atoms with Gasteiger partial charge < -0.3 is 14.2 Å². The van der Waals surface area contributed by atoms with Gasteiger partial charge in [0.25, 0.3) is 5.56 Å². The van der Waals surface area contributed by atoms with Crippen molar-refractivity contribution in [1.29, 1.82) is 0 Å². The molecule has 7 nitrogen and oxygen atoms in total. The van der Waals surface area contributed by atoms with Crippen LogP contribution in [0.2, 0.25) is 5.02 Å². The van der Waals surface area contributed by atoms with Crippen LogP contribution in [0.5, 0.6) is 11.5 Å². The zero-order valence-electron chi connectivity index (χ0n) is 23.9. The van der Waals surface area contributed by atoms with Crippen LogP contribution >= 0.6 is 22.9 Å². The maximum atomic E-state index is 14.0. The van der Waals surface area contributed by atoms with Crippen LogP contribution in [0.25, 0.3) is 6.08 Å². The van der Waals surface area contributed by atoms with E-state index in [9.17, 15) is 14.0 Å². The fourth-order valence-corrected chi connectivity index (χ4v) is 5.95. The number of allylic oxidation sites excluding steroid dienone is 1. The number of carbonyl (C=O) groups excluding carboxylic acids is 1. The van der Waals surface area contributed by atoms with E-state index in [1.165, 1.54) is 28.0 Å². The van der Waals surface area contributed by atoms with Gasteiger partial charge in [0.1, 0.15) is 30.0 Å². The van der Waals surface area contributed by atoms with Crippen LogP contribution in [-0.2, 0) is 16.1 Å². The third-order valence-electron chi connectivity index (χ3n) is 6.74. The second-order valence-corrected chi connectivity index (χ2v) is 11.3. The Labute approximate surface area is 257 Å². The summed E-state index contributed by atoms with van der Waals surface area (Å²) in [6, 6.07) is 17.8. The van der Waals surface area contributed by atoms with Gasteiger partial charge in [-0.2, -0.15) is 0 Å². The Kier molecular flexibility index (Phi) is 9.43. The Hall–Kier alpha value is -4.21. The van der Waals surface area contributed by atoms with Gasteiger partial charge in [-0.1, -0.05) is 54.1 Å². The molecule has 0 spiro atoms. The Morgan fingerprint density at radius 3 is 2.51 bits per heavy atom. The summed E-state index contributed by atoms with van der Waals surface area (Å²) < 4.78 is 32.4. The highest BCUT2D eigenvalue weighted by Gasteiger charge is 2.35. The van der Waals surface area contributed by atoms with E-state index in [-0.39, 0.29) is 23.6 Å². The molecule has 0 bridgehead atoms. The minimum atomic E-state index is -0.842. The van der Waals surface area contributed by atoms with Crippen molar-refractivity contribution < 1.29 is 23.4 Å². The van der Waals surface area contributed by atoms with Gasteiger partial charge in [-0.3, -0.25) is 9.36 Å². The molecule has 10 heteroatoms. The second-order valence-electron chi connectivity index (χ2n) is 9.82. The first-order valence-corrected chi connectivity index (χ1v) is 15.1. The molecule has 1 aliphatic heterocycles. The fourth-order valence-electron chi connectivity index (χ4n) is 4.72. The van der Waals surface area contributed by atoms with Crippen LogP contribution in [0.15, 0.2) is 87.8 Å². The molecule has 1 aromatic heterocycles. The van der Waals surface area contributed by atoms with Gasteiger partial charge in [0.05, 0.1) is 29.0 Å². The van der Waals surface area contributed by atoms with Gasteiger partial charge in [0, 0.05) is 10.6 Å². The molecule has 3 aromatic carbocycles. The Bertz CT molecular complexity index is 1850. The number of halogens is 2. The van der Waals surface area contributed by atoms with E-state index < -0.39 is 12.0 Å². The van der Waals surface area contributed by atoms with Crippen LogP contribution in [0, 0.1) is 5.82 Å². The monoisotopic (exact) mass is 620 g/mol. The SMILES string of the molecule is CCCOc1ccc(Cl)cc1[C@H]1C(C(=O)OCC)=C(C)N=c2s/c(=C\c3ccc(OCc4ccc(F)cc4)cc3)c(=O)n21. The molecule has 222 valence electrons. The van der Waals surface area contributed by atoms with Gasteiger partial charge >= 0.3 is 5.97 Å². The summed E-state index contributed by atoms with van der Waals surface area (Å²) in [5.74, 6) is 0.312. The lowest BCUT2D eigenvalue weighted by molar-refractivity contribution is -0.139. The first kappa shape index (κ1) is 30.3. The number of nitrogens with zero attached hydrogens (tertiary/aromatic N) is 2. The molecule has 0 radical (unpaired) electrons. The van der Waals surface area contributed by atoms with E-state index in [1.807, 2.05) is 31.2 Å². The Morgan fingerprint density at radius 2 is 1.81 bits per heavy atom. The van der Waals surface area contributed by atoms with Gasteiger partial charge in [0.15, 0.2) is 4.80 Å². The maximum absolute atomic E-state index is 14.0. The topological polar surface area (TPSA) is 79.1 Å². The summed E-state index contributed by atoms with van der Waals surface area (Å²) in [5, 5.41) is 0.445. The zero-order chi connectivity index (χ0) is 30.5. The first-order chi connectivity index (χ1) is 20.8. The van der Waals surface area contributed by atoms with Crippen molar-refractivity contribution >= 4 is 35.0 Å². The van der Waals surface area contributed by atoms with Gasteiger partial charge in [-0.05, 0) is 79.9 Å². The molecule has 0 aliphatic carbocycles. The van der Waals surface area contributed by atoms with E-state index >= 15 is 0 Å². The molecule has 0 amide bonds. The van der Waals surface area contributed by atoms with Crippen LogP contribution in [0.3, 0.4) is 0 Å². The number of ether oxygens (including phenoxy) is 3. The van der Waals surface area contributed by atoms with Crippen LogP contribution in [0.1, 0.15) is 49.9 Å². The average Bonchev–Trinajstić information content (AvgIpc) is 3.30. The highest BCUT2D eigenvalue weighted by Crippen LogP contribution is 2.37. The third-order valence-corrected chi connectivity index (χ3v) is 7.96. The zero-order valence-corrected chi connectivity index (χ0v) is 25.5. The van der Waals surface area contributed by atoms with Crippen LogP contribution in [-0.4, -0.2) is 23.8 Å². The minimum Gasteiger partial charge on any atom is -0.493 e. The number of rotatable bonds is 10. The number of fused-ring (bicyclic) bond motifs is 1. The Balaban J connectivity index is 1.54. The number of hydrogen-bond acceptors (Lipinski definition) is 7.